The number of nitrogens with zero attached hydrogens (tertiary/aromatic N) is 3. The van der Waals surface area contributed by atoms with E-state index in [2.05, 4.69) is 20.2 Å². The zero-order valence-corrected chi connectivity index (χ0v) is 16.3. The number of benzene rings is 1. The van der Waals surface area contributed by atoms with Crippen LogP contribution in [0, 0.1) is 19.8 Å². The predicted molar refractivity (Wildman–Crippen MR) is 105 cm³/mol. The number of methoxy groups -OCH3 is 2. The number of carbonyl (C=O) groups excluding carboxylic acids is 1. The van der Waals surface area contributed by atoms with Crippen LogP contribution in [0.15, 0.2) is 24.3 Å². The van der Waals surface area contributed by atoms with E-state index in [0.29, 0.717) is 29.7 Å². The minimum Gasteiger partial charge on any atom is -0.497 e. The fourth-order valence-corrected chi connectivity index (χ4v) is 3.37. The minimum atomic E-state index is -0.140. The molecule has 1 aromatic carbocycles. The second-order valence-corrected chi connectivity index (χ2v) is 6.79. The van der Waals surface area contributed by atoms with Gasteiger partial charge in [0.05, 0.1) is 25.8 Å². The van der Waals surface area contributed by atoms with Crippen LogP contribution in [0.2, 0.25) is 0 Å². The highest BCUT2D eigenvalue weighted by molar-refractivity contribution is 5.94. The Balaban J connectivity index is 1.73. The molecule has 0 bridgehead atoms. The maximum absolute atomic E-state index is 12.9. The van der Waals surface area contributed by atoms with Gasteiger partial charge >= 0.3 is 0 Å². The summed E-state index contributed by atoms with van der Waals surface area (Å²) in [4.78, 5) is 24.0. The van der Waals surface area contributed by atoms with Gasteiger partial charge in [0, 0.05) is 30.5 Å². The third-order valence-electron chi connectivity index (χ3n) is 4.71. The third kappa shape index (κ3) is 4.48. The molecule has 1 saturated heterocycles. The highest BCUT2D eigenvalue weighted by Crippen LogP contribution is 2.30. The van der Waals surface area contributed by atoms with Crippen molar-refractivity contribution in [2.45, 2.75) is 26.7 Å². The Bertz CT molecular complexity index is 805. The Morgan fingerprint density at radius 2 is 1.89 bits per heavy atom. The molecule has 7 heteroatoms. The summed E-state index contributed by atoms with van der Waals surface area (Å²) < 4.78 is 10.6. The number of anilines is 2. The summed E-state index contributed by atoms with van der Waals surface area (Å²) >= 11 is 0. The van der Waals surface area contributed by atoms with Gasteiger partial charge in [0.2, 0.25) is 11.9 Å². The average Bonchev–Trinajstić information content (AvgIpc) is 2.67. The van der Waals surface area contributed by atoms with E-state index in [-0.39, 0.29) is 11.8 Å². The zero-order valence-electron chi connectivity index (χ0n) is 16.3. The molecule has 1 aliphatic heterocycles. The molecule has 144 valence electrons. The Hall–Kier alpha value is -2.83. The summed E-state index contributed by atoms with van der Waals surface area (Å²) in [5.74, 6) is 1.80. The van der Waals surface area contributed by atoms with E-state index in [1.165, 1.54) is 0 Å². The molecule has 1 atom stereocenters. The predicted octanol–water partition coefficient (Wildman–Crippen LogP) is 2.97. The Kier molecular flexibility index (Phi) is 5.78. The SMILES string of the molecule is COc1ccc(OC)c(NC(=O)[C@H]2CCCN(c3nc(C)cc(C)n3)C2)c1. The fourth-order valence-electron chi connectivity index (χ4n) is 3.37. The second kappa shape index (κ2) is 8.24. The number of ether oxygens (including phenoxy) is 2. The molecule has 1 aliphatic rings. The van der Waals surface area contributed by atoms with E-state index in [9.17, 15) is 4.79 Å². The summed E-state index contributed by atoms with van der Waals surface area (Å²) in [5.41, 5.74) is 2.48. The van der Waals surface area contributed by atoms with E-state index in [0.717, 1.165) is 30.8 Å². The van der Waals surface area contributed by atoms with Gasteiger partial charge in [-0.2, -0.15) is 0 Å². The van der Waals surface area contributed by atoms with Crippen molar-refractivity contribution < 1.29 is 14.3 Å². The lowest BCUT2D eigenvalue weighted by Crippen LogP contribution is -2.41. The molecule has 1 aromatic heterocycles. The van der Waals surface area contributed by atoms with Crippen molar-refractivity contribution in [1.29, 1.82) is 0 Å². The van der Waals surface area contributed by atoms with Crippen LogP contribution in [-0.4, -0.2) is 43.2 Å². The molecular weight excluding hydrogens is 344 g/mol. The van der Waals surface area contributed by atoms with Gasteiger partial charge in [0.1, 0.15) is 11.5 Å². The van der Waals surface area contributed by atoms with Gasteiger partial charge in [-0.3, -0.25) is 4.79 Å². The van der Waals surface area contributed by atoms with Crippen molar-refractivity contribution in [2.24, 2.45) is 5.92 Å². The van der Waals surface area contributed by atoms with Crippen molar-refractivity contribution in [3.05, 3.63) is 35.7 Å². The van der Waals surface area contributed by atoms with Gasteiger partial charge in [0.15, 0.2) is 0 Å². The number of hydrogen-bond donors (Lipinski definition) is 1. The summed E-state index contributed by atoms with van der Waals surface area (Å²) in [5, 5.41) is 2.99. The van der Waals surface area contributed by atoms with Crippen molar-refractivity contribution in [2.75, 3.05) is 37.5 Å². The fraction of sp³-hybridized carbons (Fsp3) is 0.450. The lowest BCUT2D eigenvalue weighted by Gasteiger charge is -2.32. The Labute approximate surface area is 159 Å². The van der Waals surface area contributed by atoms with Crippen LogP contribution in [0.5, 0.6) is 11.5 Å². The van der Waals surface area contributed by atoms with Crippen molar-refractivity contribution in [1.82, 2.24) is 9.97 Å². The summed E-state index contributed by atoms with van der Waals surface area (Å²) in [6.07, 6.45) is 1.75. The quantitative estimate of drug-likeness (QED) is 0.872. The summed E-state index contributed by atoms with van der Waals surface area (Å²) in [6, 6.07) is 7.30. The largest absolute Gasteiger partial charge is 0.497 e. The van der Waals surface area contributed by atoms with Gasteiger partial charge in [0.25, 0.3) is 0 Å². The maximum atomic E-state index is 12.9. The first-order chi connectivity index (χ1) is 13.0. The zero-order chi connectivity index (χ0) is 19.4. The molecule has 1 fully saturated rings. The molecule has 0 aliphatic carbocycles. The molecule has 0 unspecified atom stereocenters. The lowest BCUT2D eigenvalue weighted by molar-refractivity contribution is -0.120. The third-order valence-corrected chi connectivity index (χ3v) is 4.71. The number of amides is 1. The number of hydrogen-bond acceptors (Lipinski definition) is 6. The standard InChI is InChI=1S/C20H26N4O3/c1-13-10-14(2)22-20(21-13)24-9-5-6-15(12-24)19(25)23-17-11-16(26-3)7-8-18(17)27-4/h7-8,10-11,15H,5-6,9,12H2,1-4H3,(H,23,25)/t15-/m0/s1. The van der Waals surface area contributed by atoms with Crippen LogP contribution >= 0.6 is 0 Å². The Morgan fingerprint density at radius 1 is 1.15 bits per heavy atom. The first kappa shape index (κ1) is 18.9. The lowest BCUT2D eigenvalue weighted by atomic mass is 9.97. The minimum absolute atomic E-state index is 0.0318. The van der Waals surface area contributed by atoms with Crippen LogP contribution in [0.4, 0.5) is 11.6 Å². The number of aryl methyl sites for hydroxylation is 2. The van der Waals surface area contributed by atoms with Gasteiger partial charge in [-0.15, -0.1) is 0 Å². The van der Waals surface area contributed by atoms with E-state index in [1.807, 2.05) is 19.9 Å². The van der Waals surface area contributed by atoms with Crippen LogP contribution in [0.1, 0.15) is 24.2 Å². The first-order valence-electron chi connectivity index (χ1n) is 9.10. The Morgan fingerprint density at radius 3 is 2.56 bits per heavy atom. The highest BCUT2D eigenvalue weighted by Gasteiger charge is 2.28. The van der Waals surface area contributed by atoms with Crippen LogP contribution in [0.25, 0.3) is 0 Å². The number of nitrogens with one attached hydrogen (secondary N) is 1. The van der Waals surface area contributed by atoms with Gasteiger partial charge in [-0.05, 0) is 44.9 Å². The van der Waals surface area contributed by atoms with Gasteiger partial charge in [-0.1, -0.05) is 0 Å². The molecule has 0 radical (unpaired) electrons. The van der Waals surface area contributed by atoms with E-state index >= 15 is 0 Å². The first-order valence-corrected chi connectivity index (χ1v) is 9.10. The van der Waals surface area contributed by atoms with Crippen molar-refractivity contribution >= 4 is 17.5 Å². The van der Waals surface area contributed by atoms with Crippen molar-refractivity contribution in [3.8, 4) is 11.5 Å². The molecule has 1 amide bonds. The monoisotopic (exact) mass is 370 g/mol. The highest BCUT2D eigenvalue weighted by atomic mass is 16.5. The molecule has 27 heavy (non-hydrogen) atoms. The average molecular weight is 370 g/mol. The number of carbonyl (C=O) groups is 1. The van der Waals surface area contributed by atoms with Gasteiger partial charge < -0.3 is 19.7 Å². The van der Waals surface area contributed by atoms with Crippen LogP contribution in [-0.2, 0) is 4.79 Å². The maximum Gasteiger partial charge on any atom is 0.229 e. The molecule has 1 N–H and O–H groups in total. The van der Waals surface area contributed by atoms with E-state index in [4.69, 9.17) is 9.47 Å². The van der Waals surface area contributed by atoms with Gasteiger partial charge in [-0.25, -0.2) is 9.97 Å². The molecule has 0 saturated carbocycles. The van der Waals surface area contributed by atoms with E-state index in [1.54, 1.807) is 32.4 Å². The number of piperidine rings is 1. The summed E-state index contributed by atoms with van der Waals surface area (Å²) in [7, 11) is 3.17. The molecule has 3 rings (SSSR count). The number of rotatable bonds is 5. The van der Waals surface area contributed by atoms with Crippen LogP contribution < -0.4 is 19.7 Å². The number of aromatic nitrogens is 2. The molecule has 0 spiro atoms. The van der Waals surface area contributed by atoms with Crippen LogP contribution in [0.3, 0.4) is 0 Å². The molecule has 7 nitrogen and oxygen atoms in total. The smallest absolute Gasteiger partial charge is 0.229 e. The molecular formula is C20H26N4O3. The summed E-state index contributed by atoms with van der Waals surface area (Å²) in [6.45, 7) is 5.37. The molecule has 2 aromatic rings. The van der Waals surface area contributed by atoms with E-state index < -0.39 is 0 Å². The molecule has 2 heterocycles. The van der Waals surface area contributed by atoms with Crippen molar-refractivity contribution in [3.63, 3.8) is 0 Å². The normalized spacial score (nSPS) is 16.7. The topological polar surface area (TPSA) is 76.6 Å². The second-order valence-electron chi connectivity index (χ2n) is 6.79.